The highest BCUT2D eigenvalue weighted by Gasteiger charge is 2.11. The largest absolute Gasteiger partial charge is 0.504 e. The van der Waals surface area contributed by atoms with Gasteiger partial charge in [-0.1, -0.05) is 6.07 Å². The van der Waals surface area contributed by atoms with Crippen LogP contribution in [0.5, 0.6) is 11.5 Å². The average molecular weight is 345 g/mol. The molecule has 1 aromatic rings. The van der Waals surface area contributed by atoms with E-state index in [1.807, 2.05) is 6.92 Å². The second-order valence-electron chi connectivity index (χ2n) is 4.97. The molecule has 136 valence electrons. The van der Waals surface area contributed by atoms with Crippen molar-refractivity contribution < 1.29 is 39.9 Å². The van der Waals surface area contributed by atoms with Gasteiger partial charge < -0.3 is 35.6 Å². The Morgan fingerprint density at radius 2 is 1.75 bits per heavy atom. The van der Waals surface area contributed by atoms with E-state index in [9.17, 15) is 15.3 Å². The van der Waals surface area contributed by atoms with Gasteiger partial charge in [0.05, 0.1) is 6.10 Å². The van der Waals surface area contributed by atoms with E-state index in [-0.39, 0.29) is 17.5 Å². The second kappa shape index (κ2) is 11.2. The molecule has 9 nitrogen and oxygen atoms in total. The van der Waals surface area contributed by atoms with Crippen molar-refractivity contribution in [1.29, 1.82) is 0 Å². The number of phenols is 2. The summed E-state index contributed by atoms with van der Waals surface area (Å²) < 4.78 is 4.97. The topological polar surface area (TPSA) is 157 Å². The molecule has 0 aliphatic rings. The first-order valence-electron chi connectivity index (χ1n) is 7.07. The first kappa shape index (κ1) is 21.6. The Labute approximate surface area is 139 Å². The fourth-order valence-corrected chi connectivity index (χ4v) is 1.58. The van der Waals surface area contributed by atoms with Crippen molar-refractivity contribution in [3.05, 3.63) is 23.8 Å². The Morgan fingerprint density at radius 1 is 1.17 bits per heavy atom. The summed E-state index contributed by atoms with van der Waals surface area (Å²) in [6.07, 6.45) is 0.144. The number of ether oxygens (including phenoxy) is 1. The lowest BCUT2D eigenvalue weighted by Crippen LogP contribution is -2.31. The van der Waals surface area contributed by atoms with Crippen LogP contribution in [0.15, 0.2) is 18.2 Å². The first-order chi connectivity index (χ1) is 11.2. The monoisotopic (exact) mass is 345 g/mol. The van der Waals surface area contributed by atoms with Crippen molar-refractivity contribution in [2.24, 2.45) is 0 Å². The van der Waals surface area contributed by atoms with Gasteiger partial charge >= 0.3 is 11.9 Å². The van der Waals surface area contributed by atoms with Crippen LogP contribution in [0, 0.1) is 0 Å². The summed E-state index contributed by atoms with van der Waals surface area (Å²) in [5.74, 6) is -4.06. The average Bonchev–Trinajstić information content (AvgIpc) is 2.53. The molecule has 6 N–H and O–H groups in total. The number of aromatic hydroxyl groups is 2. The third-order valence-electron chi connectivity index (χ3n) is 2.98. The van der Waals surface area contributed by atoms with Gasteiger partial charge in [0.25, 0.3) is 0 Å². The number of benzene rings is 1. The van der Waals surface area contributed by atoms with Crippen molar-refractivity contribution in [2.45, 2.75) is 25.5 Å². The van der Waals surface area contributed by atoms with Crippen LogP contribution in [0.3, 0.4) is 0 Å². The molecular formula is C15H23NO8. The SMILES string of the molecule is COCCC(C)NCC(O)c1ccc(O)c(O)c1.O=C(O)C(=O)O. The lowest BCUT2D eigenvalue weighted by atomic mass is 10.1. The molecule has 0 heterocycles. The number of hydrogen-bond acceptors (Lipinski definition) is 7. The van der Waals surface area contributed by atoms with Gasteiger partial charge in [-0.3, -0.25) is 0 Å². The highest BCUT2D eigenvalue weighted by molar-refractivity contribution is 6.27. The van der Waals surface area contributed by atoms with Crippen LogP contribution in [0.2, 0.25) is 0 Å². The molecule has 2 atom stereocenters. The molecule has 0 aromatic heterocycles. The number of carboxylic acids is 2. The molecule has 0 saturated carbocycles. The zero-order valence-corrected chi connectivity index (χ0v) is 13.5. The second-order valence-corrected chi connectivity index (χ2v) is 4.97. The van der Waals surface area contributed by atoms with Gasteiger partial charge in [0, 0.05) is 26.3 Å². The zero-order valence-electron chi connectivity index (χ0n) is 13.5. The molecule has 0 radical (unpaired) electrons. The van der Waals surface area contributed by atoms with E-state index in [1.54, 1.807) is 13.2 Å². The first-order valence-corrected chi connectivity index (χ1v) is 7.07. The van der Waals surface area contributed by atoms with Gasteiger partial charge in [-0.05, 0) is 31.0 Å². The normalized spacial score (nSPS) is 12.6. The van der Waals surface area contributed by atoms with Gasteiger partial charge in [0.15, 0.2) is 11.5 Å². The van der Waals surface area contributed by atoms with Crippen molar-refractivity contribution >= 4 is 11.9 Å². The summed E-state index contributed by atoms with van der Waals surface area (Å²) in [6.45, 7) is 3.07. The van der Waals surface area contributed by atoms with E-state index in [0.717, 1.165) is 6.42 Å². The van der Waals surface area contributed by atoms with Crippen LogP contribution in [-0.4, -0.2) is 63.8 Å². The van der Waals surface area contributed by atoms with Crippen molar-refractivity contribution in [2.75, 3.05) is 20.3 Å². The van der Waals surface area contributed by atoms with Crippen LogP contribution < -0.4 is 5.32 Å². The van der Waals surface area contributed by atoms with Gasteiger partial charge in [0.2, 0.25) is 0 Å². The molecule has 0 aliphatic heterocycles. The van der Waals surface area contributed by atoms with E-state index in [2.05, 4.69) is 5.32 Å². The molecule has 24 heavy (non-hydrogen) atoms. The molecule has 0 fully saturated rings. The van der Waals surface area contributed by atoms with Crippen LogP contribution in [0.4, 0.5) is 0 Å². The Hall–Kier alpha value is -2.36. The lowest BCUT2D eigenvalue weighted by Gasteiger charge is -2.17. The number of hydrogen-bond donors (Lipinski definition) is 6. The van der Waals surface area contributed by atoms with Crippen LogP contribution >= 0.6 is 0 Å². The quantitative estimate of drug-likeness (QED) is 0.302. The summed E-state index contributed by atoms with van der Waals surface area (Å²) in [7, 11) is 1.65. The van der Waals surface area contributed by atoms with Crippen LogP contribution in [0.25, 0.3) is 0 Å². The van der Waals surface area contributed by atoms with Gasteiger partial charge in [0.1, 0.15) is 0 Å². The Morgan fingerprint density at radius 3 is 2.21 bits per heavy atom. The number of phenolic OH excluding ortho intramolecular Hbond substituents is 2. The lowest BCUT2D eigenvalue weighted by molar-refractivity contribution is -0.159. The number of aliphatic hydroxyl groups excluding tert-OH is 1. The predicted octanol–water partition coefficient (Wildman–Crippen LogP) is 0.301. The van der Waals surface area contributed by atoms with E-state index >= 15 is 0 Å². The molecule has 0 spiro atoms. The predicted molar refractivity (Wildman–Crippen MR) is 84.0 cm³/mol. The standard InChI is InChI=1S/C13H21NO4.C2H2O4/c1-9(5-6-18-2)14-8-13(17)10-3-4-11(15)12(16)7-10;3-1(4)2(5)6/h3-4,7,9,13-17H,5-6,8H2,1-2H3;(H,3,4)(H,5,6). The van der Waals surface area contributed by atoms with E-state index in [0.29, 0.717) is 18.7 Å². The summed E-state index contributed by atoms with van der Waals surface area (Å²) in [5, 5.41) is 46.4. The fraction of sp³-hybridized carbons (Fsp3) is 0.467. The maximum absolute atomic E-state index is 9.92. The molecule has 0 bridgehead atoms. The molecule has 0 aliphatic carbocycles. The minimum atomic E-state index is -1.82. The molecule has 2 unspecified atom stereocenters. The molecule has 9 heteroatoms. The summed E-state index contributed by atoms with van der Waals surface area (Å²) in [6, 6.07) is 4.55. The summed E-state index contributed by atoms with van der Waals surface area (Å²) in [5.41, 5.74) is 0.566. The Kier molecular flexibility index (Phi) is 10.1. The van der Waals surface area contributed by atoms with Crippen LogP contribution in [0.1, 0.15) is 25.0 Å². The van der Waals surface area contributed by atoms with E-state index in [4.69, 9.17) is 24.5 Å². The molecular weight excluding hydrogens is 322 g/mol. The number of carbonyl (C=O) groups is 2. The molecule has 0 amide bonds. The number of methoxy groups -OCH3 is 1. The summed E-state index contributed by atoms with van der Waals surface area (Å²) >= 11 is 0. The van der Waals surface area contributed by atoms with Gasteiger partial charge in [-0.15, -0.1) is 0 Å². The number of nitrogens with one attached hydrogen (secondary N) is 1. The van der Waals surface area contributed by atoms with Crippen LogP contribution in [-0.2, 0) is 14.3 Å². The number of aliphatic hydroxyl groups is 1. The van der Waals surface area contributed by atoms with Gasteiger partial charge in [-0.2, -0.15) is 0 Å². The zero-order chi connectivity index (χ0) is 18.7. The van der Waals surface area contributed by atoms with Crippen molar-refractivity contribution in [1.82, 2.24) is 5.32 Å². The number of carboxylic acid groups (broad SMARTS) is 2. The minimum Gasteiger partial charge on any atom is -0.504 e. The molecule has 0 saturated heterocycles. The Bertz CT molecular complexity index is 522. The third kappa shape index (κ3) is 8.93. The van der Waals surface area contributed by atoms with E-state index < -0.39 is 18.0 Å². The number of aliphatic carboxylic acids is 2. The number of rotatable bonds is 7. The molecule has 1 aromatic carbocycles. The summed E-state index contributed by atoms with van der Waals surface area (Å²) in [4.78, 5) is 18.2. The minimum absolute atomic E-state index is 0.188. The highest BCUT2D eigenvalue weighted by Crippen LogP contribution is 2.27. The highest BCUT2D eigenvalue weighted by atomic mass is 16.5. The van der Waals surface area contributed by atoms with E-state index in [1.165, 1.54) is 12.1 Å². The maximum atomic E-state index is 9.92. The smallest absolute Gasteiger partial charge is 0.414 e. The molecule has 1 rings (SSSR count). The van der Waals surface area contributed by atoms with Gasteiger partial charge in [-0.25, -0.2) is 9.59 Å². The Balaban J connectivity index is 0.000000754. The third-order valence-corrected chi connectivity index (χ3v) is 2.98. The maximum Gasteiger partial charge on any atom is 0.414 e. The van der Waals surface area contributed by atoms with Crippen molar-refractivity contribution in [3.8, 4) is 11.5 Å². The fourth-order valence-electron chi connectivity index (χ4n) is 1.58. The van der Waals surface area contributed by atoms with Crippen molar-refractivity contribution in [3.63, 3.8) is 0 Å².